The van der Waals surface area contributed by atoms with Crippen LogP contribution < -0.4 is 0 Å². The highest BCUT2D eigenvalue weighted by molar-refractivity contribution is 7.99. The first-order valence-corrected chi connectivity index (χ1v) is 7.24. The largest absolute Gasteiger partial charge is 0.219 e. The van der Waals surface area contributed by atoms with E-state index in [4.69, 9.17) is 0 Å². The third-order valence-corrected chi connectivity index (χ3v) is 4.37. The lowest BCUT2D eigenvalue weighted by Crippen LogP contribution is -1.97. The Kier molecular flexibility index (Phi) is 2.60. The summed E-state index contributed by atoms with van der Waals surface area (Å²) in [6, 6.07) is 4.35. The number of benzene rings is 1. The maximum Gasteiger partial charge on any atom is 0.203 e. The van der Waals surface area contributed by atoms with Gasteiger partial charge >= 0.3 is 0 Å². The molecule has 2 rings (SSSR count). The minimum Gasteiger partial charge on any atom is -0.219 e. The van der Waals surface area contributed by atoms with Crippen LogP contribution in [0.5, 0.6) is 0 Å². The topological polar surface area (TPSA) is 34.1 Å². The average molecular weight is 244 g/mol. The van der Waals surface area contributed by atoms with Crippen molar-refractivity contribution in [2.24, 2.45) is 0 Å². The van der Waals surface area contributed by atoms with Gasteiger partial charge in [0.15, 0.2) is 0 Å². The van der Waals surface area contributed by atoms with Crippen LogP contribution in [0.2, 0.25) is 0 Å². The van der Waals surface area contributed by atoms with Crippen LogP contribution >= 0.6 is 11.8 Å². The van der Waals surface area contributed by atoms with Crippen molar-refractivity contribution in [2.75, 3.05) is 12.0 Å². The van der Waals surface area contributed by atoms with E-state index in [1.54, 1.807) is 6.07 Å². The Labute approximate surface area is 92.1 Å². The first kappa shape index (κ1) is 10.7. The summed E-state index contributed by atoms with van der Waals surface area (Å²) in [5, 5.41) is 1.16. The molecule has 1 heterocycles. The van der Waals surface area contributed by atoms with Crippen LogP contribution in [0.15, 0.2) is 28.5 Å². The second-order valence-corrected chi connectivity index (χ2v) is 5.84. The summed E-state index contributed by atoms with van der Waals surface area (Å²) >= 11 is 1.51. The Morgan fingerprint density at radius 3 is 2.80 bits per heavy atom. The van der Waals surface area contributed by atoms with Gasteiger partial charge in [0, 0.05) is 16.7 Å². The molecule has 0 fully saturated rings. The highest BCUT2D eigenvalue weighted by atomic mass is 32.2. The summed E-state index contributed by atoms with van der Waals surface area (Å²) in [5.41, 5.74) is 1.18. The molecule has 0 aliphatic carbocycles. The Morgan fingerprint density at radius 1 is 1.40 bits per heavy atom. The van der Waals surface area contributed by atoms with Crippen LogP contribution in [0.25, 0.3) is 5.57 Å². The summed E-state index contributed by atoms with van der Waals surface area (Å²) in [6.45, 7) is 0. The van der Waals surface area contributed by atoms with E-state index in [1.165, 1.54) is 23.9 Å². The number of rotatable bonds is 2. The molecule has 1 aromatic carbocycles. The van der Waals surface area contributed by atoms with Crippen molar-refractivity contribution in [3.8, 4) is 0 Å². The van der Waals surface area contributed by atoms with Crippen LogP contribution in [-0.4, -0.2) is 20.4 Å². The quantitative estimate of drug-likeness (QED) is 0.800. The Balaban J connectivity index is 2.68. The van der Waals surface area contributed by atoms with E-state index in [0.29, 0.717) is 16.9 Å². The van der Waals surface area contributed by atoms with Gasteiger partial charge < -0.3 is 0 Å². The van der Waals surface area contributed by atoms with E-state index in [-0.39, 0.29) is 4.90 Å². The fourth-order valence-corrected chi connectivity index (χ4v) is 3.83. The fourth-order valence-electron chi connectivity index (χ4n) is 1.63. The van der Waals surface area contributed by atoms with Crippen LogP contribution in [0.4, 0.5) is 4.39 Å². The zero-order valence-electron chi connectivity index (χ0n) is 8.03. The van der Waals surface area contributed by atoms with E-state index >= 15 is 0 Å². The molecule has 5 heteroatoms. The smallest absolute Gasteiger partial charge is 0.203 e. The van der Waals surface area contributed by atoms with Gasteiger partial charge in [0.25, 0.3) is 0 Å². The maximum absolute atomic E-state index is 13.4. The zero-order valence-corrected chi connectivity index (χ0v) is 9.66. The Bertz CT molecular complexity index is 532. The van der Waals surface area contributed by atoms with Crippen molar-refractivity contribution in [1.29, 1.82) is 0 Å². The molecular weight excluding hydrogens is 235 g/mol. The van der Waals surface area contributed by atoms with Crippen molar-refractivity contribution in [3.63, 3.8) is 0 Å². The molecule has 0 amide bonds. The number of halogens is 1. The molecule has 1 aromatic rings. The van der Waals surface area contributed by atoms with Gasteiger partial charge in [0.05, 0.1) is 0 Å². The maximum atomic E-state index is 13.4. The molecule has 0 N–H and O–H groups in total. The van der Waals surface area contributed by atoms with Crippen LogP contribution in [0, 0.1) is 5.82 Å². The first-order chi connectivity index (χ1) is 7.06. The van der Waals surface area contributed by atoms with Gasteiger partial charge in [-0.3, -0.25) is 0 Å². The summed E-state index contributed by atoms with van der Waals surface area (Å²) < 4.78 is 36.6. The van der Waals surface area contributed by atoms with Crippen molar-refractivity contribution in [2.45, 2.75) is 4.90 Å². The summed E-state index contributed by atoms with van der Waals surface area (Å²) in [6.07, 6.45) is 1.88. The molecule has 15 heavy (non-hydrogen) atoms. The second-order valence-electron chi connectivity index (χ2n) is 3.24. The molecular formula is C10H9FO2S2. The number of hydrogen-bond donors (Lipinski definition) is 0. The van der Waals surface area contributed by atoms with Gasteiger partial charge in [0.1, 0.15) is 10.7 Å². The second kappa shape index (κ2) is 3.64. The molecule has 0 bridgehead atoms. The number of hydrogen-bond acceptors (Lipinski definition) is 3. The summed E-state index contributed by atoms with van der Waals surface area (Å²) in [5.74, 6) is -0.0878. The normalized spacial score (nSPS) is 17.3. The predicted molar refractivity (Wildman–Crippen MR) is 59.9 cm³/mol. The standard InChI is InChI=1S/C10H9FO2S2/c1-14-5-7-6-15(12,13)10-8(7)3-2-4-9(10)11/h2-4,6H,5H2,1H3. The monoisotopic (exact) mass is 244 g/mol. The highest BCUT2D eigenvalue weighted by Crippen LogP contribution is 2.36. The van der Waals surface area contributed by atoms with E-state index in [2.05, 4.69) is 0 Å². The first-order valence-electron chi connectivity index (χ1n) is 4.30. The molecule has 1 aliphatic heterocycles. The van der Waals surface area contributed by atoms with Crippen molar-refractivity contribution in [1.82, 2.24) is 0 Å². The highest BCUT2D eigenvalue weighted by Gasteiger charge is 2.29. The lowest BCUT2D eigenvalue weighted by atomic mass is 10.1. The molecule has 80 valence electrons. The minimum atomic E-state index is -3.56. The van der Waals surface area contributed by atoms with Crippen molar-refractivity contribution >= 4 is 27.2 Å². The lowest BCUT2D eigenvalue weighted by molar-refractivity contribution is 0.573. The van der Waals surface area contributed by atoms with E-state index in [1.807, 2.05) is 6.26 Å². The predicted octanol–water partition coefficient (Wildman–Crippen LogP) is 2.32. The van der Waals surface area contributed by atoms with Gasteiger partial charge in [-0.25, -0.2) is 12.8 Å². The van der Waals surface area contributed by atoms with Gasteiger partial charge in [-0.15, -0.1) is 0 Å². The summed E-state index contributed by atoms with van der Waals surface area (Å²) in [7, 11) is -3.56. The molecule has 2 nitrogen and oxygen atoms in total. The van der Waals surface area contributed by atoms with Crippen LogP contribution in [0.3, 0.4) is 0 Å². The number of sulfone groups is 1. The SMILES string of the molecule is CSCC1=CS(=O)(=O)c2c(F)cccc21. The van der Waals surface area contributed by atoms with Gasteiger partial charge in [0.2, 0.25) is 9.84 Å². The molecule has 0 saturated carbocycles. The molecule has 0 atom stereocenters. The van der Waals surface area contributed by atoms with Gasteiger partial charge in [-0.05, 0) is 17.9 Å². The minimum absolute atomic E-state index is 0.172. The summed E-state index contributed by atoms with van der Waals surface area (Å²) in [4.78, 5) is -0.172. The van der Waals surface area contributed by atoms with Crippen molar-refractivity contribution < 1.29 is 12.8 Å². The van der Waals surface area contributed by atoms with Crippen LogP contribution in [0.1, 0.15) is 5.56 Å². The van der Waals surface area contributed by atoms with Crippen LogP contribution in [-0.2, 0) is 9.84 Å². The molecule has 1 aliphatic rings. The number of fused-ring (bicyclic) bond motifs is 1. The average Bonchev–Trinajstić information content (AvgIpc) is 2.40. The fraction of sp³-hybridized carbons (Fsp3) is 0.200. The molecule has 0 radical (unpaired) electrons. The third kappa shape index (κ3) is 1.70. The van der Waals surface area contributed by atoms with E-state index in [0.717, 1.165) is 5.41 Å². The Hall–Kier alpha value is -0.810. The van der Waals surface area contributed by atoms with Gasteiger partial charge in [-0.2, -0.15) is 11.8 Å². The Morgan fingerprint density at radius 2 is 2.13 bits per heavy atom. The van der Waals surface area contributed by atoms with E-state index < -0.39 is 15.7 Å². The molecule has 0 spiro atoms. The van der Waals surface area contributed by atoms with E-state index in [9.17, 15) is 12.8 Å². The lowest BCUT2D eigenvalue weighted by Gasteiger charge is -2.02. The zero-order chi connectivity index (χ0) is 11.1. The third-order valence-electron chi connectivity index (χ3n) is 2.19. The van der Waals surface area contributed by atoms with Crippen molar-refractivity contribution in [3.05, 3.63) is 35.0 Å². The molecule has 0 unspecified atom stereocenters. The molecule has 0 saturated heterocycles. The number of thioether (sulfide) groups is 1. The van der Waals surface area contributed by atoms with Gasteiger partial charge in [-0.1, -0.05) is 12.1 Å². The molecule has 0 aromatic heterocycles.